The zero-order valence-electron chi connectivity index (χ0n) is 10.4. The number of carbonyl (C=O) groups excluding carboxylic acids is 1. The maximum absolute atomic E-state index is 12.4. The number of nitriles is 1. The highest BCUT2D eigenvalue weighted by Crippen LogP contribution is 2.22. The zero-order chi connectivity index (χ0) is 13.1. The summed E-state index contributed by atoms with van der Waals surface area (Å²) in [4.78, 5) is 14.6. The van der Waals surface area contributed by atoms with Crippen LogP contribution < -0.4 is 5.32 Å². The fraction of sp³-hybridized carbons (Fsp3) is 0.636. The summed E-state index contributed by atoms with van der Waals surface area (Å²) in [5.41, 5.74) is 0.722. The first-order chi connectivity index (χ1) is 8.65. The average Bonchev–Trinajstić information content (AvgIpc) is 2.87. The molecule has 0 aromatic carbocycles. The lowest BCUT2D eigenvalue weighted by molar-refractivity contribution is 0.0690. The van der Waals surface area contributed by atoms with Gasteiger partial charge in [0.25, 0.3) is 5.91 Å². The van der Waals surface area contributed by atoms with Gasteiger partial charge in [0, 0.05) is 19.6 Å². The van der Waals surface area contributed by atoms with E-state index in [1.807, 2.05) is 13.8 Å². The molecule has 6 nitrogen and oxygen atoms in total. The number of hydrogen-bond acceptors (Lipinski definition) is 6. The standard InChI is InChI=1S/C11H15N5OS/c1-7(2)9-10(18-15-14-9)11(17)16-4-3-13-6-8(16)5-12/h7-8,13H,3-4,6H2,1-2H3. The van der Waals surface area contributed by atoms with Gasteiger partial charge in [-0.1, -0.05) is 18.3 Å². The van der Waals surface area contributed by atoms with Gasteiger partial charge in [-0.2, -0.15) is 5.26 Å². The van der Waals surface area contributed by atoms with Crippen LogP contribution in [0.3, 0.4) is 0 Å². The van der Waals surface area contributed by atoms with Crippen LogP contribution in [0.25, 0.3) is 0 Å². The van der Waals surface area contributed by atoms with Crippen LogP contribution in [0.5, 0.6) is 0 Å². The summed E-state index contributed by atoms with van der Waals surface area (Å²) in [6.45, 7) is 5.74. The maximum Gasteiger partial charge on any atom is 0.268 e. The maximum atomic E-state index is 12.4. The molecular weight excluding hydrogens is 250 g/mol. The lowest BCUT2D eigenvalue weighted by Crippen LogP contribution is -2.53. The lowest BCUT2D eigenvalue weighted by Gasteiger charge is -2.31. The van der Waals surface area contributed by atoms with Gasteiger partial charge in [-0.15, -0.1) is 5.10 Å². The van der Waals surface area contributed by atoms with Crippen LogP contribution in [-0.2, 0) is 0 Å². The van der Waals surface area contributed by atoms with Crippen molar-refractivity contribution in [3.63, 3.8) is 0 Å². The van der Waals surface area contributed by atoms with Crippen LogP contribution >= 0.6 is 11.5 Å². The van der Waals surface area contributed by atoms with Crippen LogP contribution in [-0.4, -0.2) is 46.1 Å². The first kappa shape index (κ1) is 12.9. The highest BCUT2D eigenvalue weighted by atomic mass is 32.1. The molecule has 0 radical (unpaired) electrons. The summed E-state index contributed by atoms with van der Waals surface area (Å²) in [5.74, 6) is 0.0351. The van der Waals surface area contributed by atoms with Crippen molar-refractivity contribution in [1.29, 1.82) is 5.26 Å². The second kappa shape index (κ2) is 5.42. The van der Waals surface area contributed by atoms with Crippen molar-refractivity contribution in [1.82, 2.24) is 19.8 Å². The van der Waals surface area contributed by atoms with E-state index in [4.69, 9.17) is 5.26 Å². The molecule has 2 heterocycles. The van der Waals surface area contributed by atoms with Crippen LogP contribution in [0.4, 0.5) is 0 Å². The van der Waals surface area contributed by atoms with E-state index < -0.39 is 6.04 Å². The van der Waals surface area contributed by atoms with Gasteiger partial charge in [-0.05, 0) is 17.5 Å². The molecule has 2 rings (SSSR count). The molecule has 1 fully saturated rings. The van der Waals surface area contributed by atoms with Crippen molar-refractivity contribution in [2.75, 3.05) is 19.6 Å². The Balaban J connectivity index is 2.25. The highest BCUT2D eigenvalue weighted by Gasteiger charge is 2.30. The minimum atomic E-state index is -0.409. The number of aromatic nitrogens is 2. The summed E-state index contributed by atoms with van der Waals surface area (Å²) >= 11 is 1.11. The third kappa shape index (κ3) is 2.35. The molecule has 0 aliphatic carbocycles. The molecule has 1 unspecified atom stereocenters. The van der Waals surface area contributed by atoms with Crippen molar-refractivity contribution in [2.24, 2.45) is 0 Å². The molecule has 1 aliphatic rings. The molecule has 1 aromatic heterocycles. The summed E-state index contributed by atoms with van der Waals surface area (Å²) in [7, 11) is 0. The quantitative estimate of drug-likeness (QED) is 0.846. The summed E-state index contributed by atoms with van der Waals surface area (Å²) in [5, 5.41) is 16.2. The molecule has 0 bridgehead atoms. The normalized spacial score (nSPS) is 19.9. The van der Waals surface area contributed by atoms with Gasteiger partial charge < -0.3 is 10.2 Å². The lowest BCUT2D eigenvalue weighted by atomic mass is 10.1. The third-order valence-corrected chi connectivity index (χ3v) is 3.64. The molecule has 18 heavy (non-hydrogen) atoms. The molecule has 0 saturated carbocycles. The Morgan fingerprint density at radius 1 is 1.67 bits per heavy atom. The van der Waals surface area contributed by atoms with Crippen molar-refractivity contribution in [3.8, 4) is 6.07 Å². The first-order valence-electron chi connectivity index (χ1n) is 5.88. The molecule has 1 aliphatic heterocycles. The van der Waals surface area contributed by atoms with E-state index in [9.17, 15) is 4.79 Å². The van der Waals surface area contributed by atoms with Crippen molar-refractivity contribution in [2.45, 2.75) is 25.8 Å². The van der Waals surface area contributed by atoms with E-state index in [1.54, 1.807) is 4.90 Å². The Kier molecular flexibility index (Phi) is 3.89. The molecule has 1 N–H and O–H groups in total. The van der Waals surface area contributed by atoms with E-state index in [0.717, 1.165) is 17.2 Å². The van der Waals surface area contributed by atoms with Crippen LogP contribution in [0.2, 0.25) is 0 Å². The van der Waals surface area contributed by atoms with Crippen molar-refractivity contribution >= 4 is 17.4 Å². The van der Waals surface area contributed by atoms with E-state index in [0.29, 0.717) is 24.5 Å². The smallest absolute Gasteiger partial charge is 0.268 e. The van der Waals surface area contributed by atoms with Gasteiger partial charge in [0.15, 0.2) is 0 Å². The number of nitrogens with one attached hydrogen (secondary N) is 1. The fourth-order valence-corrected chi connectivity index (χ4v) is 2.69. The van der Waals surface area contributed by atoms with Gasteiger partial charge >= 0.3 is 0 Å². The molecule has 1 amide bonds. The van der Waals surface area contributed by atoms with Gasteiger partial charge in [0.1, 0.15) is 10.9 Å². The predicted octanol–water partition coefficient (Wildman–Crippen LogP) is 0.599. The summed E-state index contributed by atoms with van der Waals surface area (Å²) in [6.07, 6.45) is 0. The molecule has 0 spiro atoms. The monoisotopic (exact) mass is 265 g/mol. The van der Waals surface area contributed by atoms with Gasteiger partial charge in [0.2, 0.25) is 0 Å². The van der Waals surface area contributed by atoms with Crippen molar-refractivity contribution < 1.29 is 4.79 Å². The second-order valence-corrected chi connectivity index (χ2v) is 5.24. The van der Waals surface area contributed by atoms with Crippen LogP contribution in [0, 0.1) is 11.3 Å². The molecule has 96 valence electrons. The Labute approximate surface area is 110 Å². The largest absolute Gasteiger partial charge is 0.319 e. The average molecular weight is 265 g/mol. The predicted molar refractivity (Wildman–Crippen MR) is 67.3 cm³/mol. The third-order valence-electron chi connectivity index (χ3n) is 2.91. The van der Waals surface area contributed by atoms with E-state index in [1.165, 1.54) is 0 Å². The minimum Gasteiger partial charge on any atom is -0.319 e. The summed E-state index contributed by atoms with van der Waals surface area (Å²) < 4.78 is 3.86. The molecular formula is C11H15N5OS. The second-order valence-electron chi connectivity index (χ2n) is 4.49. The van der Waals surface area contributed by atoms with E-state index in [2.05, 4.69) is 21.0 Å². The van der Waals surface area contributed by atoms with Gasteiger partial charge in [-0.25, -0.2) is 0 Å². The molecule has 1 atom stereocenters. The van der Waals surface area contributed by atoms with Crippen LogP contribution in [0.15, 0.2) is 0 Å². The minimum absolute atomic E-state index is 0.123. The topological polar surface area (TPSA) is 81.9 Å². The van der Waals surface area contributed by atoms with E-state index in [-0.39, 0.29) is 11.8 Å². The fourth-order valence-electron chi connectivity index (χ4n) is 1.92. The number of rotatable bonds is 2. The van der Waals surface area contributed by atoms with Crippen LogP contribution in [0.1, 0.15) is 35.1 Å². The summed E-state index contributed by atoms with van der Waals surface area (Å²) in [6, 6.07) is 1.74. The number of nitrogens with zero attached hydrogens (tertiary/aromatic N) is 4. The zero-order valence-corrected chi connectivity index (χ0v) is 11.2. The van der Waals surface area contributed by atoms with E-state index >= 15 is 0 Å². The van der Waals surface area contributed by atoms with Gasteiger partial charge in [-0.3, -0.25) is 4.79 Å². The Hall–Kier alpha value is -1.52. The Morgan fingerprint density at radius 2 is 2.44 bits per heavy atom. The highest BCUT2D eigenvalue weighted by molar-refractivity contribution is 7.08. The SMILES string of the molecule is CC(C)c1nnsc1C(=O)N1CCNCC1C#N. The van der Waals surface area contributed by atoms with Gasteiger partial charge in [0.05, 0.1) is 11.8 Å². The molecule has 7 heteroatoms. The first-order valence-corrected chi connectivity index (χ1v) is 6.66. The number of amides is 1. The Morgan fingerprint density at radius 3 is 3.11 bits per heavy atom. The molecule has 1 saturated heterocycles. The molecule has 1 aromatic rings. The van der Waals surface area contributed by atoms with Crippen molar-refractivity contribution in [3.05, 3.63) is 10.6 Å². The Bertz CT molecular complexity index is 478. The number of carbonyl (C=O) groups is 1. The number of piperazine rings is 1. The number of hydrogen-bond donors (Lipinski definition) is 1.